The molecule has 0 aliphatic heterocycles. The van der Waals surface area contributed by atoms with Gasteiger partial charge < -0.3 is 9.88 Å². The maximum absolute atomic E-state index is 11.2. The fraction of sp³-hybridized carbons (Fsp3) is 0.333. The zero-order chi connectivity index (χ0) is 10.6. The highest BCUT2D eigenvalue weighted by atomic mass is 79.9. The number of anilines is 1. The highest BCUT2D eigenvalue weighted by Crippen LogP contribution is 2.17. The summed E-state index contributed by atoms with van der Waals surface area (Å²) in [7, 11) is 0. The molecule has 0 unspecified atom stereocenters. The Bertz CT molecular complexity index is 407. The van der Waals surface area contributed by atoms with E-state index in [9.17, 15) is 4.79 Å². The van der Waals surface area contributed by atoms with E-state index in [1.807, 2.05) is 11.8 Å². The van der Waals surface area contributed by atoms with E-state index in [0.717, 1.165) is 0 Å². The molecule has 0 aliphatic carbocycles. The van der Waals surface area contributed by atoms with E-state index in [0.29, 0.717) is 23.4 Å². The molecule has 1 N–H and O–H groups in total. The Morgan fingerprint density at radius 3 is 3.07 bits per heavy atom. The minimum absolute atomic E-state index is 0.203. The minimum atomic E-state index is -0.203. The van der Waals surface area contributed by atoms with Crippen LogP contribution in [0.15, 0.2) is 15.6 Å². The zero-order valence-electron chi connectivity index (χ0n) is 7.75. The molecule has 0 spiro atoms. The lowest BCUT2D eigenvalue weighted by atomic mass is 10.4. The third-order valence-electron chi connectivity index (χ3n) is 1.74. The molecular weight excluding hydrogens is 246 g/mol. The number of aromatic nitrogens is 2. The number of hydrogen-bond donors (Lipinski definition) is 1. The van der Waals surface area contributed by atoms with Crippen LogP contribution in [0.1, 0.15) is 6.92 Å². The highest BCUT2D eigenvalue weighted by molar-refractivity contribution is 9.10. The number of terminal acetylenes is 1. The molecule has 1 heterocycles. The van der Waals surface area contributed by atoms with Gasteiger partial charge in [0.15, 0.2) is 5.82 Å². The number of rotatable bonds is 3. The van der Waals surface area contributed by atoms with Crippen LogP contribution >= 0.6 is 15.9 Å². The quantitative estimate of drug-likeness (QED) is 0.820. The van der Waals surface area contributed by atoms with Gasteiger partial charge in [0, 0.05) is 6.54 Å². The van der Waals surface area contributed by atoms with Gasteiger partial charge in [-0.1, -0.05) is 5.92 Å². The standard InChI is InChI=1S/C9H10BrN3O/c1-3-5-13(4-2)8-7(10)9(14)12-6-11-8/h1,6H,4-5H2,2H3,(H,11,12,14). The first-order chi connectivity index (χ1) is 6.70. The summed E-state index contributed by atoms with van der Waals surface area (Å²) >= 11 is 3.18. The van der Waals surface area contributed by atoms with E-state index in [2.05, 4.69) is 31.8 Å². The lowest BCUT2D eigenvalue weighted by molar-refractivity contribution is 0.876. The van der Waals surface area contributed by atoms with Crippen LogP contribution in [-0.4, -0.2) is 23.1 Å². The minimum Gasteiger partial charge on any atom is -0.345 e. The summed E-state index contributed by atoms with van der Waals surface area (Å²) in [6.45, 7) is 3.09. The molecule has 0 fully saturated rings. The molecule has 4 nitrogen and oxygen atoms in total. The van der Waals surface area contributed by atoms with Crippen molar-refractivity contribution < 1.29 is 0 Å². The van der Waals surface area contributed by atoms with Crippen LogP contribution in [0.25, 0.3) is 0 Å². The second kappa shape index (κ2) is 4.82. The van der Waals surface area contributed by atoms with E-state index in [-0.39, 0.29) is 5.56 Å². The first kappa shape index (κ1) is 10.8. The molecule has 1 aromatic rings. The smallest absolute Gasteiger partial charge is 0.267 e. The van der Waals surface area contributed by atoms with E-state index in [1.54, 1.807) is 0 Å². The molecule has 0 aliphatic rings. The van der Waals surface area contributed by atoms with Crippen molar-refractivity contribution in [2.45, 2.75) is 6.92 Å². The van der Waals surface area contributed by atoms with Crippen LogP contribution in [0, 0.1) is 12.3 Å². The van der Waals surface area contributed by atoms with Gasteiger partial charge in [0.05, 0.1) is 12.9 Å². The lowest BCUT2D eigenvalue weighted by Gasteiger charge is -2.19. The van der Waals surface area contributed by atoms with Crippen molar-refractivity contribution in [3.8, 4) is 12.3 Å². The maximum Gasteiger partial charge on any atom is 0.267 e. The molecular formula is C9H10BrN3O. The van der Waals surface area contributed by atoms with Crippen molar-refractivity contribution in [1.29, 1.82) is 0 Å². The van der Waals surface area contributed by atoms with Crippen LogP contribution in [0.4, 0.5) is 5.82 Å². The zero-order valence-corrected chi connectivity index (χ0v) is 9.34. The average Bonchev–Trinajstić information content (AvgIpc) is 2.19. The summed E-state index contributed by atoms with van der Waals surface area (Å²) in [4.78, 5) is 19.6. The Morgan fingerprint density at radius 2 is 2.50 bits per heavy atom. The van der Waals surface area contributed by atoms with Gasteiger partial charge in [0.2, 0.25) is 0 Å². The monoisotopic (exact) mass is 255 g/mol. The Balaban J connectivity index is 3.11. The Labute approximate surface area is 90.5 Å². The van der Waals surface area contributed by atoms with E-state index >= 15 is 0 Å². The summed E-state index contributed by atoms with van der Waals surface area (Å²) < 4.78 is 0.414. The second-order valence-corrected chi connectivity index (χ2v) is 3.38. The number of aromatic amines is 1. The average molecular weight is 256 g/mol. The summed E-state index contributed by atoms with van der Waals surface area (Å²) in [5.74, 6) is 3.09. The molecule has 1 aromatic heterocycles. The lowest BCUT2D eigenvalue weighted by Crippen LogP contribution is -2.26. The Morgan fingerprint density at radius 1 is 1.79 bits per heavy atom. The van der Waals surface area contributed by atoms with Gasteiger partial charge in [-0.25, -0.2) is 4.98 Å². The maximum atomic E-state index is 11.2. The predicted octanol–water partition coefficient (Wildman–Crippen LogP) is 0.992. The molecule has 0 saturated carbocycles. The van der Waals surface area contributed by atoms with E-state index in [1.165, 1.54) is 6.33 Å². The molecule has 0 saturated heterocycles. The molecule has 0 amide bonds. The summed E-state index contributed by atoms with van der Waals surface area (Å²) in [6.07, 6.45) is 6.57. The Kier molecular flexibility index (Phi) is 3.72. The van der Waals surface area contributed by atoms with Crippen LogP contribution in [0.3, 0.4) is 0 Å². The predicted molar refractivity (Wildman–Crippen MR) is 59.3 cm³/mol. The Hall–Kier alpha value is -1.28. The SMILES string of the molecule is C#CCN(CC)c1nc[nH]c(=O)c1Br. The van der Waals surface area contributed by atoms with Gasteiger partial charge in [-0.05, 0) is 22.9 Å². The molecule has 14 heavy (non-hydrogen) atoms. The van der Waals surface area contributed by atoms with Crippen molar-refractivity contribution in [2.24, 2.45) is 0 Å². The number of H-pyrrole nitrogens is 1. The number of halogens is 1. The first-order valence-electron chi connectivity index (χ1n) is 4.12. The van der Waals surface area contributed by atoms with Gasteiger partial charge in [-0.3, -0.25) is 4.79 Å². The third kappa shape index (κ3) is 2.15. The van der Waals surface area contributed by atoms with Gasteiger partial charge in [-0.15, -0.1) is 6.42 Å². The van der Waals surface area contributed by atoms with Crippen molar-refractivity contribution in [3.05, 3.63) is 21.2 Å². The van der Waals surface area contributed by atoms with Crippen LogP contribution in [0.2, 0.25) is 0 Å². The number of hydrogen-bond acceptors (Lipinski definition) is 3. The molecule has 5 heteroatoms. The second-order valence-electron chi connectivity index (χ2n) is 2.59. The van der Waals surface area contributed by atoms with E-state index in [4.69, 9.17) is 6.42 Å². The summed E-state index contributed by atoms with van der Waals surface area (Å²) in [6, 6.07) is 0. The first-order valence-corrected chi connectivity index (χ1v) is 4.91. The van der Waals surface area contributed by atoms with Gasteiger partial charge in [-0.2, -0.15) is 0 Å². The number of nitrogens with one attached hydrogen (secondary N) is 1. The molecule has 1 rings (SSSR count). The van der Waals surface area contributed by atoms with E-state index < -0.39 is 0 Å². The molecule has 0 bridgehead atoms. The molecule has 0 atom stereocenters. The van der Waals surface area contributed by atoms with Crippen molar-refractivity contribution >= 4 is 21.7 Å². The van der Waals surface area contributed by atoms with Crippen molar-refractivity contribution in [1.82, 2.24) is 9.97 Å². The fourth-order valence-corrected chi connectivity index (χ4v) is 1.51. The normalized spacial score (nSPS) is 9.50. The van der Waals surface area contributed by atoms with Crippen molar-refractivity contribution in [2.75, 3.05) is 18.0 Å². The molecule has 0 aromatic carbocycles. The topological polar surface area (TPSA) is 49.0 Å². The van der Waals surface area contributed by atoms with Gasteiger partial charge >= 0.3 is 0 Å². The number of nitrogens with zero attached hydrogens (tertiary/aromatic N) is 2. The van der Waals surface area contributed by atoms with Gasteiger partial charge in [0.1, 0.15) is 4.47 Å². The third-order valence-corrected chi connectivity index (χ3v) is 2.46. The fourth-order valence-electron chi connectivity index (χ4n) is 1.04. The van der Waals surface area contributed by atoms with Crippen LogP contribution in [-0.2, 0) is 0 Å². The molecule has 74 valence electrons. The largest absolute Gasteiger partial charge is 0.345 e. The highest BCUT2D eigenvalue weighted by Gasteiger charge is 2.10. The van der Waals surface area contributed by atoms with Gasteiger partial charge in [0.25, 0.3) is 5.56 Å². The van der Waals surface area contributed by atoms with Crippen molar-refractivity contribution in [3.63, 3.8) is 0 Å². The summed E-state index contributed by atoms with van der Waals surface area (Å²) in [5.41, 5.74) is -0.203. The summed E-state index contributed by atoms with van der Waals surface area (Å²) in [5, 5.41) is 0. The van der Waals surface area contributed by atoms with Crippen LogP contribution < -0.4 is 10.5 Å². The van der Waals surface area contributed by atoms with Crippen LogP contribution in [0.5, 0.6) is 0 Å². The molecule has 0 radical (unpaired) electrons.